The van der Waals surface area contributed by atoms with E-state index in [1.807, 2.05) is 0 Å². The summed E-state index contributed by atoms with van der Waals surface area (Å²) in [6, 6.07) is 0.227. The highest BCUT2D eigenvalue weighted by atomic mass is 16.4. The minimum Gasteiger partial charge on any atom is -0.481 e. The van der Waals surface area contributed by atoms with Gasteiger partial charge in [0.05, 0.1) is 5.92 Å². The standard InChI is InChI=1S/C13H26N2O3/c1-10(2)7-15-8-11(13(17)18)6-12(9-15)14-4-3-5-16/h10-12,14,16H,3-9H2,1-2H3,(H,17,18). The van der Waals surface area contributed by atoms with Crippen LogP contribution in [0.5, 0.6) is 0 Å². The molecule has 0 aliphatic carbocycles. The van der Waals surface area contributed by atoms with Gasteiger partial charge in [-0.2, -0.15) is 0 Å². The Morgan fingerprint density at radius 3 is 2.72 bits per heavy atom. The van der Waals surface area contributed by atoms with Crippen LogP contribution >= 0.6 is 0 Å². The van der Waals surface area contributed by atoms with Crippen molar-refractivity contribution in [3.05, 3.63) is 0 Å². The van der Waals surface area contributed by atoms with E-state index in [0.29, 0.717) is 18.9 Å². The number of nitrogens with one attached hydrogen (secondary N) is 1. The Hall–Kier alpha value is -0.650. The molecule has 2 unspecified atom stereocenters. The zero-order chi connectivity index (χ0) is 13.5. The Balaban J connectivity index is 2.48. The van der Waals surface area contributed by atoms with Crippen LogP contribution < -0.4 is 5.32 Å². The van der Waals surface area contributed by atoms with Gasteiger partial charge in [0.2, 0.25) is 0 Å². The van der Waals surface area contributed by atoms with E-state index in [1.165, 1.54) is 0 Å². The Labute approximate surface area is 109 Å². The molecule has 0 amide bonds. The van der Waals surface area contributed by atoms with Gasteiger partial charge >= 0.3 is 5.97 Å². The van der Waals surface area contributed by atoms with Crippen LogP contribution in [0.25, 0.3) is 0 Å². The predicted octanol–water partition coefficient (Wildman–Crippen LogP) is 0.390. The number of aliphatic carboxylic acids is 1. The molecule has 0 aromatic rings. The van der Waals surface area contributed by atoms with E-state index in [2.05, 4.69) is 24.1 Å². The lowest BCUT2D eigenvalue weighted by molar-refractivity contribution is -0.144. The quantitative estimate of drug-likeness (QED) is 0.576. The maximum Gasteiger partial charge on any atom is 0.307 e. The fraction of sp³-hybridized carbons (Fsp3) is 0.923. The molecule has 0 bridgehead atoms. The molecule has 18 heavy (non-hydrogen) atoms. The zero-order valence-corrected chi connectivity index (χ0v) is 11.4. The normalized spacial score (nSPS) is 25.6. The van der Waals surface area contributed by atoms with Crippen LogP contribution in [-0.2, 0) is 4.79 Å². The van der Waals surface area contributed by atoms with E-state index in [9.17, 15) is 9.90 Å². The van der Waals surface area contributed by atoms with Crippen molar-refractivity contribution in [2.75, 3.05) is 32.8 Å². The monoisotopic (exact) mass is 258 g/mol. The number of hydrogen-bond acceptors (Lipinski definition) is 4. The zero-order valence-electron chi connectivity index (χ0n) is 11.4. The van der Waals surface area contributed by atoms with Crippen LogP contribution in [0, 0.1) is 11.8 Å². The van der Waals surface area contributed by atoms with Gasteiger partial charge in [0.15, 0.2) is 0 Å². The van der Waals surface area contributed by atoms with E-state index >= 15 is 0 Å². The SMILES string of the molecule is CC(C)CN1CC(NCCCO)CC(C(=O)O)C1. The van der Waals surface area contributed by atoms with Gasteiger partial charge in [-0.05, 0) is 25.3 Å². The molecule has 1 saturated heterocycles. The second-order valence-corrected chi connectivity index (χ2v) is 5.61. The van der Waals surface area contributed by atoms with Gasteiger partial charge in [0, 0.05) is 32.3 Å². The summed E-state index contributed by atoms with van der Waals surface area (Å²) >= 11 is 0. The smallest absolute Gasteiger partial charge is 0.307 e. The predicted molar refractivity (Wildman–Crippen MR) is 70.5 cm³/mol. The summed E-state index contributed by atoms with van der Waals surface area (Å²) in [6.45, 7) is 7.75. The Morgan fingerprint density at radius 2 is 2.17 bits per heavy atom. The Morgan fingerprint density at radius 1 is 1.44 bits per heavy atom. The van der Waals surface area contributed by atoms with Crippen molar-refractivity contribution in [2.24, 2.45) is 11.8 Å². The van der Waals surface area contributed by atoms with E-state index in [-0.39, 0.29) is 18.6 Å². The lowest BCUT2D eigenvalue weighted by Crippen LogP contribution is -2.52. The third-order valence-corrected chi connectivity index (χ3v) is 3.27. The van der Waals surface area contributed by atoms with Crippen molar-refractivity contribution in [1.29, 1.82) is 0 Å². The highest BCUT2D eigenvalue weighted by Gasteiger charge is 2.31. The Kier molecular flexibility index (Phi) is 6.60. The first kappa shape index (κ1) is 15.4. The fourth-order valence-electron chi connectivity index (χ4n) is 2.57. The number of nitrogens with zero attached hydrogens (tertiary/aromatic N) is 1. The van der Waals surface area contributed by atoms with E-state index in [0.717, 1.165) is 26.1 Å². The molecule has 0 aromatic carbocycles. The summed E-state index contributed by atoms with van der Waals surface area (Å²) in [5.74, 6) is -0.419. The van der Waals surface area contributed by atoms with Crippen molar-refractivity contribution < 1.29 is 15.0 Å². The minimum absolute atomic E-state index is 0.178. The lowest BCUT2D eigenvalue weighted by Gasteiger charge is -2.37. The van der Waals surface area contributed by atoms with Gasteiger partial charge < -0.3 is 20.4 Å². The molecular weight excluding hydrogens is 232 g/mol. The molecule has 0 aromatic heterocycles. The first-order valence-corrected chi connectivity index (χ1v) is 6.82. The van der Waals surface area contributed by atoms with Gasteiger partial charge in [0.1, 0.15) is 0 Å². The van der Waals surface area contributed by atoms with Gasteiger partial charge in [-0.15, -0.1) is 0 Å². The average Bonchev–Trinajstić information content (AvgIpc) is 2.28. The maximum atomic E-state index is 11.2. The van der Waals surface area contributed by atoms with Crippen molar-refractivity contribution in [3.63, 3.8) is 0 Å². The number of aliphatic hydroxyl groups excluding tert-OH is 1. The molecule has 1 aliphatic rings. The van der Waals surface area contributed by atoms with Crippen LogP contribution in [0.4, 0.5) is 0 Å². The number of rotatable bonds is 7. The van der Waals surface area contributed by atoms with Crippen molar-refractivity contribution >= 4 is 5.97 Å². The highest BCUT2D eigenvalue weighted by molar-refractivity contribution is 5.70. The number of hydrogen-bond donors (Lipinski definition) is 3. The molecule has 3 N–H and O–H groups in total. The van der Waals surface area contributed by atoms with Gasteiger partial charge in [0.25, 0.3) is 0 Å². The number of aliphatic hydroxyl groups is 1. The fourth-order valence-corrected chi connectivity index (χ4v) is 2.57. The number of carboxylic acid groups (broad SMARTS) is 1. The van der Waals surface area contributed by atoms with Gasteiger partial charge in [-0.25, -0.2) is 0 Å². The second-order valence-electron chi connectivity index (χ2n) is 5.61. The van der Waals surface area contributed by atoms with E-state index in [1.54, 1.807) is 0 Å². The summed E-state index contributed by atoms with van der Waals surface area (Å²) in [6.07, 6.45) is 1.41. The minimum atomic E-state index is -0.697. The number of likely N-dealkylation sites (tertiary alicyclic amines) is 1. The van der Waals surface area contributed by atoms with Crippen molar-refractivity contribution in [3.8, 4) is 0 Å². The molecular formula is C13H26N2O3. The number of piperidine rings is 1. The molecule has 1 rings (SSSR count). The number of carbonyl (C=O) groups is 1. The summed E-state index contributed by atoms with van der Waals surface area (Å²) in [4.78, 5) is 13.4. The summed E-state index contributed by atoms with van der Waals surface area (Å²) < 4.78 is 0. The molecule has 0 radical (unpaired) electrons. The largest absolute Gasteiger partial charge is 0.481 e. The molecule has 1 fully saturated rings. The van der Waals surface area contributed by atoms with Crippen LogP contribution in [0.15, 0.2) is 0 Å². The molecule has 106 valence electrons. The topological polar surface area (TPSA) is 72.8 Å². The van der Waals surface area contributed by atoms with Gasteiger partial charge in [-0.1, -0.05) is 13.8 Å². The lowest BCUT2D eigenvalue weighted by atomic mass is 9.93. The molecule has 0 saturated carbocycles. The van der Waals surface area contributed by atoms with Crippen LogP contribution in [0.1, 0.15) is 26.7 Å². The highest BCUT2D eigenvalue weighted by Crippen LogP contribution is 2.18. The van der Waals surface area contributed by atoms with Crippen molar-refractivity contribution in [1.82, 2.24) is 10.2 Å². The van der Waals surface area contributed by atoms with Crippen LogP contribution in [-0.4, -0.2) is 59.9 Å². The van der Waals surface area contributed by atoms with Crippen molar-refractivity contribution in [2.45, 2.75) is 32.7 Å². The summed E-state index contributed by atoms with van der Waals surface area (Å²) in [5.41, 5.74) is 0. The Bertz CT molecular complexity index is 259. The first-order chi connectivity index (χ1) is 8.52. The van der Waals surface area contributed by atoms with Crippen LogP contribution in [0.2, 0.25) is 0 Å². The molecule has 2 atom stereocenters. The third-order valence-electron chi connectivity index (χ3n) is 3.27. The van der Waals surface area contributed by atoms with Crippen LogP contribution in [0.3, 0.4) is 0 Å². The molecule has 1 heterocycles. The summed E-state index contributed by atoms with van der Waals surface area (Å²) in [5, 5.41) is 21.3. The van der Waals surface area contributed by atoms with Gasteiger partial charge in [-0.3, -0.25) is 4.79 Å². The van der Waals surface area contributed by atoms with E-state index in [4.69, 9.17) is 5.11 Å². The second kappa shape index (κ2) is 7.71. The average molecular weight is 258 g/mol. The number of carboxylic acids is 1. The summed E-state index contributed by atoms with van der Waals surface area (Å²) in [7, 11) is 0. The third kappa shape index (κ3) is 5.33. The van der Waals surface area contributed by atoms with E-state index < -0.39 is 5.97 Å². The first-order valence-electron chi connectivity index (χ1n) is 6.82. The maximum absolute atomic E-state index is 11.2. The molecule has 1 aliphatic heterocycles. The molecule has 0 spiro atoms. The molecule has 5 nitrogen and oxygen atoms in total. The molecule has 5 heteroatoms.